The number of carboxylic acids is 1. The Kier molecular flexibility index (Phi) is 6.51. The van der Waals surface area contributed by atoms with Gasteiger partial charge in [0.25, 0.3) is 0 Å². The lowest BCUT2D eigenvalue weighted by molar-refractivity contribution is -0.0141. The smallest absolute Gasteiger partial charge is 0.339 e. The molecule has 2 aromatic carbocycles. The molecule has 1 aliphatic heterocycles. The molecule has 1 fully saturated rings. The van der Waals surface area contributed by atoms with E-state index in [9.17, 15) is 14.3 Å². The third-order valence-corrected chi connectivity index (χ3v) is 5.65. The average molecular weight is 427 g/mol. The van der Waals surface area contributed by atoms with Crippen molar-refractivity contribution < 1.29 is 28.5 Å². The van der Waals surface area contributed by atoms with Crippen LogP contribution in [0, 0.1) is 12.7 Å². The highest BCUT2D eigenvalue weighted by Crippen LogP contribution is 2.29. The summed E-state index contributed by atoms with van der Waals surface area (Å²) in [4.78, 5) is 16.1. The second kappa shape index (κ2) is 9.47. The molecule has 0 saturated heterocycles. The number of benzene rings is 2. The molecule has 4 rings (SSSR count). The fraction of sp³-hybridized carbons (Fsp3) is 0.417. The van der Waals surface area contributed by atoms with Gasteiger partial charge in [0.2, 0.25) is 5.90 Å². The molecule has 1 unspecified atom stereocenters. The van der Waals surface area contributed by atoms with E-state index in [1.807, 2.05) is 6.07 Å². The lowest BCUT2D eigenvalue weighted by Gasteiger charge is -2.30. The molecule has 7 heteroatoms. The first-order valence-electron chi connectivity index (χ1n) is 10.6. The Labute approximate surface area is 180 Å². The van der Waals surface area contributed by atoms with E-state index < -0.39 is 5.97 Å². The predicted octanol–water partition coefficient (Wildman–Crippen LogP) is 4.38. The number of halogens is 1. The van der Waals surface area contributed by atoms with Crippen LogP contribution >= 0.6 is 0 Å². The van der Waals surface area contributed by atoms with Gasteiger partial charge in [-0.2, -0.15) is 0 Å². The zero-order valence-corrected chi connectivity index (χ0v) is 17.4. The summed E-state index contributed by atoms with van der Waals surface area (Å²) in [5.41, 5.74) is 1.66. The van der Waals surface area contributed by atoms with Crippen LogP contribution in [0.1, 0.15) is 47.2 Å². The minimum Gasteiger partial charge on any atom is -0.489 e. The van der Waals surface area contributed by atoms with Crippen LogP contribution in [0.4, 0.5) is 4.39 Å². The predicted molar refractivity (Wildman–Crippen MR) is 113 cm³/mol. The van der Waals surface area contributed by atoms with Gasteiger partial charge in [0.15, 0.2) is 0 Å². The molecule has 2 aliphatic rings. The van der Waals surface area contributed by atoms with E-state index in [2.05, 4.69) is 4.99 Å². The van der Waals surface area contributed by atoms with E-state index in [0.717, 1.165) is 24.8 Å². The molecule has 0 spiro atoms. The third kappa shape index (κ3) is 5.22. The molecular formula is C24H26FNO5. The Morgan fingerprint density at radius 2 is 1.97 bits per heavy atom. The molecule has 0 bridgehead atoms. The number of ether oxygens (including phenoxy) is 3. The van der Waals surface area contributed by atoms with Crippen molar-refractivity contribution in [3.8, 4) is 5.75 Å². The molecule has 1 N–H and O–H groups in total. The number of aromatic carboxylic acids is 1. The number of rotatable bonds is 7. The van der Waals surface area contributed by atoms with E-state index in [1.54, 1.807) is 31.2 Å². The van der Waals surface area contributed by atoms with Crippen molar-refractivity contribution in [1.29, 1.82) is 0 Å². The van der Waals surface area contributed by atoms with E-state index in [0.29, 0.717) is 36.8 Å². The van der Waals surface area contributed by atoms with Crippen molar-refractivity contribution >= 4 is 11.9 Å². The van der Waals surface area contributed by atoms with Crippen molar-refractivity contribution in [3.05, 3.63) is 65.0 Å². The fourth-order valence-electron chi connectivity index (χ4n) is 4.05. The molecular weight excluding hydrogens is 401 g/mol. The van der Waals surface area contributed by atoms with Gasteiger partial charge in [-0.15, -0.1) is 0 Å². The molecule has 1 heterocycles. The highest BCUT2D eigenvalue weighted by molar-refractivity contribution is 5.95. The zero-order chi connectivity index (χ0) is 21.8. The second-order valence-corrected chi connectivity index (χ2v) is 8.02. The van der Waals surface area contributed by atoms with Crippen LogP contribution in [-0.2, 0) is 9.47 Å². The van der Waals surface area contributed by atoms with E-state index in [1.165, 1.54) is 12.1 Å². The lowest BCUT2D eigenvalue weighted by Crippen LogP contribution is -2.32. The topological polar surface area (TPSA) is 77.3 Å². The van der Waals surface area contributed by atoms with Gasteiger partial charge in [0.1, 0.15) is 35.9 Å². The fourth-order valence-corrected chi connectivity index (χ4v) is 4.05. The van der Waals surface area contributed by atoms with Crippen molar-refractivity contribution in [3.63, 3.8) is 0 Å². The standard InChI is InChI=1S/C24H26FNO5/c1-15-4-2-7-21(22(15)24(27)28)31-20-6-3-5-19(12-20)29-13-18-14-30-23(26-18)16-8-10-17(25)11-9-16/h2,4,7-11,18-20H,3,5-6,12-14H2,1H3,(H,27,28)/t18?,19-,20+/m0/s1. The Morgan fingerprint density at radius 1 is 1.19 bits per heavy atom. The van der Waals surface area contributed by atoms with E-state index in [-0.39, 0.29) is 29.6 Å². The molecule has 0 amide bonds. The summed E-state index contributed by atoms with van der Waals surface area (Å²) in [6.07, 6.45) is 3.40. The number of nitrogens with zero attached hydrogens (tertiary/aromatic N) is 1. The lowest BCUT2D eigenvalue weighted by atomic mass is 9.94. The van der Waals surface area contributed by atoms with Crippen molar-refractivity contribution in [2.45, 2.75) is 50.9 Å². The first-order valence-corrected chi connectivity index (χ1v) is 10.6. The number of aliphatic imine (C=N–C) groups is 1. The maximum absolute atomic E-state index is 13.1. The summed E-state index contributed by atoms with van der Waals surface area (Å²) < 4.78 is 30.9. The van der Waals surface area contributed by atoms with Gasteiger partial charge < -0.3 is 19.3 Å². The minimum absolute atomic E-state index is 0.0295. The summed E-state index contributed by atoms with van der Waals surface area (Å²) in [5, 5.41) is 9.50. The molecule has 3 atom stereocenters. The molecule has 2 aromatic rings. The van der Waals surface area contributed by atoms with Gasteiger partial charge in [0, 0.05) is 12.0 Å². The molecule has 31 heavy (non-hydrogen) atoms. The van der Waals surface area contributed by atoms with Crippen LogP contribution in [-0.4, -0.2) is 48.4 Å². The monoisotopic (exact) mass is 427 g/mol. The second-order valence-electron chi connectivity index (χ2n) is 8.02. The van der Waals surface area contributed by atoms with Crippen LogP contribution in [0.5, 0.6) is 5.75 Å². The van der Waals surface area contributed by atoms with Crippen LogP contribution in [0.25, 0.3) is 0 Å². The summed E-state index contributed by atoms with van der Waals surface area (Å²) in [6, 6.07) is 11.3. The summed E-state index contributed by atoms with van der Waals surface area (Å²) >= 11 is 0. The van der Waals surface area contributed by atoms with Gasteiger partial charge >= 0.3 is 5.97 Å². The molecule has 0 aromatic heterocycles. The van der Waals surface area contributed by atoms with E-state index in [4.69, 9.17) is 14.2 Å². The third-order valence-electron chi connectivity index (χ3n) is 5.65. The maximum atomic E-state index is 13.1. The highest BCUT2D eigenvalue weighted by atomic mass is 19.1. The summed E-state index contributed by atoms with van der Waals surface area (Å²) in [7, 11) is 0. The quantitative estimate of drug-likeness (QED) is 0.709. The Bertz CT molecular complexity index is 959. The van der Waals surface area contributed by atoms with Crippen LogP contribution in [0.2, 0.25) is 0 Å². The van der Waals surface area contributed by atoms with Gasteiger partial charge in [0.05, 0.1) is 12.7 Å². The molecule has 0 radical (unpaired) electrons. The molecule has 1 aliphatic carbocycles. The average Bonchev–Trinajstić information content (AvgIpc) is 3.22. The normalized spacial score (nSPS) is 23.2. The Morgan fingerprint density at radius 3 is 2.74 bits per heavy atom. The van der Waals surface area contributed by atoms with Crippen LogP contribution in [0.3, 0.4) is 0 Å². The van der Waals surface area contributed by atoms with Gasteiger partial charge in [-0.25, -0.2) is 14.2 Å². The van der Waals surface area contributed by atoms with E-state index >= 15 is 0 Å². The Hall–Kier alpha value is -2.93. The highest BCUT2D eigenvalue weighted by Gasteiger charge is 2.28. The number of hydrogen-bond acceptors (Lipinski definition) is 5. The summed E-state index contributed by atoms with van der Waals surface area (Å²) in [6.45, 7) is 2.64. The maximum Gasteiger partial charge on any atom is 0.339 e. The van der Waals surface area contributed by atoms with Crippen molar-refractivity contribution in [2.75, 3.05) is 13.2 Å². The number of hydrogen-bond donors (Lipinski definition) is 1. The molecule has 6 nitrogen and oxygen atoms in total. The SMILES string of the molecule is Cc1cccc(O[C@@H]2CCC[C@H](OCC3COC(c4ccc(F)cc4)=N3)C2)c1C(=O)O. The van der Waals surface area contributed by atoms with Gasteiger partial charge in [-0.1, -0.05) is 12.1 Å². The zero-order valence-electron chi connectivity index (χ0n) is 17.4. The summed E-state index contributed by atoms with van der Waals surface area (Å²) in [5.74, 6) is -0.347. The first kappa shape index (κ1) is 21.3. The van der Waals surface area contributed by atoms with Crippen molar-refractivity contribution in [2.24, 2.45) is 4.99 Å². The minimum atomic E-state index is -0.979. The largest absolute Gasteiger partial charge is 0.489 e. The Balaban J connectivity index is 1.31. The van der Waals surface area contributed by atoms with Gasteiger partial charge in [-0.05, 0) is 62.1 Å². The number of carboxylic acid groups (broad SMARTS) is 1. The van der Waals surface area contributed by atoms with Crippen molar-refractivity contribution in [1.82, 2.24) is 0 Å². The molecule has 1 saturated carbocycles. The number of aryl methyl sites for hydroxylation is 1. The number of carbonyl (C=O) groups is 1. The first-order chi connectivity index (χ1) is 15.0. The molecule has 164 valence electrons. The van der Waals surface area contributed by atoms with Crippen LogP contribution < -0.4 is 4.74 Å². The van der Waals surface area contributed by atoms with Crippen LogP contribution in [0.15, 0.2) is 47.5 Å². The van der Waals surface area contributed by atoms with Gasteiger partial charge in [-0.3, -0.25) is 0 Å².